The highest BCUT2D eigenvalue weighted by atomic mass is 32.2. The van der Waals surface area contributed by atoms with Crippen LogP contribution < -0.4 is 0 Å². The lowest BCUT2D eigenvalue weighted by Crippen LogP contribution is -2.59. The molecule has 0 aliphatic carbocycles. The van der Waals surface area contributed by atoms with E-state index in [1.807, 2.05) is 54.6 Å². The van der Waals surface area contributed by atoms with Crippen molar-refractivity contribution in [2.45, 2.75) is 54.9 Å². The van der Waals surface area contributed by atoms with E-state index in [-0.39, 0.29) is 49.4 Å². The molecule has 2 bridgehead atoms. The molecule has 2 aromatic carbocycles. The van der Waals surface area contributed by atoms with E-state index in [0.29, 0.717) is 24.8 Å². The Balaban J connectivity index is 1.42. The first-order valence-corrected chi connectivity index (χ1v) is 16.3. The first-order chi connectivity index (χ1) is 21.8. The summed E-state index contributed by atoms with van der Waals surface area (Å²) in [6, 6.07) is 15.6. The smallest absolute Gasteiger partial charge is 0.310 e. The number of likely N-dealkylation sites (tertiary alicyclic amines) is 1. The fraction of sp³-hybridized carbons (Fsp3) is 0.441. The third-order valence-corrected chi connectivity index (χ3v) is 11.6. The van der Waals surface area contributed by atoms with Gasteiger partial charge in [0, 0.05) is 11.8 Å². The number of ether oxygens (including phenoxy) is 1. The minimum atomic E-state index is -0.915. The molecule has 0 saturated carbocycles. The molecule has 3 unspecified atom stereocenters. The van der Waals surface area contributed by atoms with Gasteiger partial charge in [-0.1, -0.05) is 66.8 Å². The summed E-state index contributed by atoms with van der Waals surface area (Å²) in [6.45, 7) is 9.86. The maximum atomic E-state index is 15.0. The highest BCUT2D eigenvalue weighted by Crippen LogP contribution is 2.69. The number of rotatable bonds is 13. The number of carbonyl (C=O) groups excluding carboxylic acids is 3. The SMILES string of the molecule is C=CCCOC(=O)[C@@H]1[C@H]2C(=O)N([C@@H](CO)Cc3ccccc3)C(C(=O)N(CC=C)Cn3nnc4ccccc43)C23S[C@@H]1CC3C. The second-order valence-electron chi connectivity index (χ2n) is 12.1. The van der Waals surface area contributed by atoms with Crippen LogP contribution in [0, 0.1) is 17.8 Å². The molecule has 3 aliphatic rings. The number of aliphatic hydroxyl groups is 1. The third-order valence-electron chi connectivity index (χ3n) is 9.56. The number of nitrogens with zero attached hydrogens (tertiary/aromatic N) is 5. The van der Waals surface area contributed by atoms with Gasteiger partial charge in [-0.25, -0.2) is 4.68 Å². The van der Waals surface area contributed by atoms with Crippen LogP contribution >= 0.6 is 11.8 Å². The third kappa shape index (κ3) is 5.25. The molecule has 1 spiro atoms. The molecular weight excluding hydrogens is 590 g/mol. The number of aliphatic hydroxyl groups excluding tert-OH is 1. The Morgan fingerprint density at radius 1 is 1.18 bits per heavy atom. The van der Waals surface area contributed by atoms with E-state index in [0.717, 1.165) is 11.1 Å². The average molecular weight is 630 g/mol. The first kappa shape index (κ1) is 31.0. The number of esters is 1. The average Bonchev–Trinajstić information content (AvgIpc) is 3.77. The molecule has 3 aromatic rings. The second kappa shape index (κ2) is 12.8. The molecule has 3 saturated heterocycles. The van der Waals surface area contributed by atoms with Crippen LogP contribution in [0.1, 0.15) is 25.3 Å². The van der Waals surface area contributed by atoms with Crippen molar-refractivity contribution in [2.75, 3.05) is 19.8 Å². The van der Waals surface area contributed by atoms with E-state index in [1.165, 1.54) is 0 Å². The predicted octanol–water partition coefficient (Wildman–Crippen LogP) is 3.46. The van der Waals surface area contributed by atoms with Gasteiger partial charge in [0.25, 0.3) is 0 Å². The van der Waals surface area contributed by atoms with Crippen molar-refractivity contribution in [1.29, 1.82) is 0 Å². The quantitative estimate of drug-likeness (QED) is 0.174. The van der Waals surface area contributed by atoms with Crippen LogP contribution in [-0.4, -0.2) is 89.5 Å². The summed E-state index contributed by atoms with van der Waals surface area (Å²) in [4.78, 5) is 46.5. The van der Waals surface area contributed by atoms with Crippen LogP contribution in [-0.2, 0) is 32.2 Å². The van der Waals surface area contributed by atoms with Crippen molar-refractivity contribution in [1.82, 2.24) is 24.8 Å². The maximum Gasteiger partial charge on any atom is 0.310 e. The zero-order chi connectivity index (χ0) is 31.7. The monoisotopic (exact) mass is 629 g/mol. The van der Waals surface area contributed by atoms with Gasteiger partial charge in [0.2, 0.25) is 11.8 Å². The topological polar surface area (TPSA) is 118 Å². The molecule has 3 fully saturated rings. The molecule has 1 N–H and O–H groups in total. The number of para-hydroxylation sites is 1. The van der Waals surface area contributed by atoms with Gasteiger partial charge in [0.1, 0.15) is 18.2 Å². The Morgan fingerprint density at radius 3 is 2.67 bits per heavy atom. The number of fused-ring (bicyclic) bond motifs is 2. The van der Waals surface area contributed by atoms with Crippen molar-refractivity contribution < 1.29 is 24.2 Å². The molecule has 7 atom stereocenters. The van der Waals surface area contributed by atoms with Gasteiger partial charge in [0.05, 0.1) is 41.4 Å². The lowest BCUT2D eigenvalue weighted by atomic mass is 9.66. The summed E-state index contributed by atoms with van der Waals surface area (Å²) in [6.07, 6.45) is 4.90. The molecule has 0 radical (unpaired) electrons. The Labute approximate surface area is 267 Å². The van der Waals surface area contributed by atoms with Gasteiger partial charge in [-0.3, -0.25) is 14.4 Å². The number of carbonyl (C=O) groups is 3. The van der Waals surface area contributed by atoms with Gasteiger partial charge in [-0.05, 0) is 42.9 Å². The fourth-order valence-electron chi connectivity index (χ4n) is 7.61. The van der Waals surface area contributed by atoms with Crippen LogP contribution in [0.3, 0.4) is 0 Å². The molecule has 3 aliphatic heterocycles. The Hall–Kier alpha value is -3.96. The maximum absolute atomic E-state index is 15.0. The minimum absolute atomic E-state index is 0.0357. The minimum Gasteiger partial charge on any atom is -0.465 e. The number of aromatic nitrogens is 3. The van der Waals surface area contributed by atoms with Crippen LogP contribution in [0.2, 0.25) is 0 Å². The number of hydrogen-bond acceptors (Lipinski definition) is 8. The van der Waals surface area contributed by atoms with E-state index in [1.54, 1.807) is 38.4 Å². The molecule has 6 rings (SSSR count). The van der Waals surface area contributed by atoms with E-state index < -0.39 is 34.6 Å². The summed E-state index contributed by atoms with van der Waals surface area (Å²) >= 11 is 1.58. The van der Waals surface area contributed by atoms with Crippen molar-refractivity contribution in [2.24, 2.45) is 17.8 Å². The molecule has 2 amide bonds. The molecular formula is C34H39N5O5S. The van der Waals surface area contributed by atoms with E-state index >= 15 is 0 Å². The van der Waals surface area contributed by atoms with Crippen LogP contribution in [0.4, 0.5) is 0 Å². The van der Waals surface area contributed by atoms with Crippen LogP contribution in [0.15, 0.2) is 79.9 Å². The molecule has 10 nitrogen and oxygen atoms in total. The highest BCUT2D eigenvalue weighted by Gasteiger charge is 2.77. The van der Waals surface area contributed by atoms with E-state index in [2.05, 4.69) is 30.4 Å². The molecule has 45 heavy (non-hydrogen) atoms. The van der Waals surface area contributed by atoms with Crippen LogP contribution in [0.25, 0.3) is 11.0 Å². The zero-order valence-electron chi connectivity index (χ0n) is 25.4. The fourth-order valence-corrected chi connectivity index (χ4v) is 10.00. The zero-order valence-corrected chi connectivity index (χ0v) is 26.2. The summed E-state index contributed by atoms with van der Waals surface area (Å²) in [5.74, 6) is -2.41. The lowest BCUT2D eigenvalue weighted by Gasteiger charge is -2.42. The number of hydrogen-bond donors (Lipinski definition) is 1. The van der Waals surface area contributed by atoms with Gasteiger partial charge >= 0.3 is 5.97 Å². The van der Waals surface area contributed by atoms with Gasteiger partial charge in [0.15, 0.2) is 0 Å². The van der Waals surface area contributed by atoms with E-state index in [4.69, 9.17) is 4.74 Å². The largest absolute Gasteiger partial charge is 0.465 e. The van der Waals surface area contributed by atoms with Gasteiger partial charge < -0.3 is 19.6 Å². The molecule has 236 valence electrons. The molecule has 1 aromatic heterocycles. The Morgan fingerprint density at radius 2 is 1.93 bits per heavy atom. The standard InChI is InChI=1S/C34H39N5O5S/c1-4-6-17-44-33(43)28-27-18-22(3)34(45-27)29(28)31(41)39(24(20-40)19-23-12-8-7-9-13-23)30(34)32(42)37(16-5-2)21-38-26-15-11-10-14-25(26)35-36-38/h4-5,7-15,22,24,27-30,40H,1-2,6,16-21H2,3H3/t22?,24-,27-,28+,29+,30?,34?/m1/s1. The van der Waals surface area contributed by atoms with E-state index in [9.17, 15) is 19.5 Å². The summed E-state index contributed by atoms with van der Waals surface area (Å²) < 4.78 is 6.45. The number of thioether (sulfide) groups is 1. The van der Waals surface area contributed by atoms with Crippen molar-refractivity contribution in [3.8, 4) is 0 Å². The van der Waals surface area contributed by atoms with Gasteiger partial charge in [-0.2, -0.15) is 0 Å². The normalized spacial score (nSPS) is 27.4. The Bertz CT molecular complexity index is 1600. The summed E-state index contributed by atoms with van der Waals surface area (Å²) in [5, 5.41) is 19.2. The highest BCUT2D eigenvalue weighted by molar-refractivity contribution is 8.02. The molecule has 4 heterocycles. The second-order valence-corrected chi connectivity index (χ2v) is 13.7. The van der Waals surface area contributed by atoms with Crippen molar-refractivity contribution in [3.05, 3.63) is 85.5 Å². The lowest BCUT2D eigenvalue weighted by molar-refractivity contribution is -0.155. The number of amides is 2. The van der Waals surface area contributed by atoms with Crippen molar-refractivity contribution in [3.63, 3.8) is 0 Å². The van der Waals surface area contributed by atoms with Crippen molar-refractivity contribution >= 4 is 40.6 Å². The Kier molecular flexibility index (Phi) is 8.83. The van der Waals surface area contributed by atoms with Gasteiger partial charge in [-0.15, -0.1) is 30.0 Å². The first-order valence-electron chi connectivity index (χ1n) is 15.5. The predicted molar refractivity (Wildman–Crippen MR) is 172 cm³/mol. The summed E-state index contributed by atoms with van der Waals surface area (Å²) in [7, 11) is 0. The molecule has 11 heteroatoms. The van der Waals surface area contributed by atoms with Crippen LogP contribution in [0.5, 0.6) is 0 Å². The summed E-state index contributed by atoms with van der Waals surface area (Å²) in [5.41, 5.74) is 2.42. The number of benzene rings is 2.